The molecule has 3 saturated heterocycles. The number of carbonyl (C=O) groups excluding carboxylic acids is 1. The van der Waals surface area contributed by atoms with Gasteiger partial charge in [0.25, 0.3) is 5.91 Å². The average molecular weight is 676 g/mol. The van der Waals surface area contributed by atoms with E-state index in [-0.39, 0.29) is 37.7 Å². The lowest BCUT2D eigenvalue weighted by Crippen LogP contribution is -2.53. The number of methoxy groups -OCH3 is 1. The highest BCUT2D eigenvalue weighted by atomic mass is 19.4. The molecular weight excluding hydrogens is 630 g/mol. The number of halogens is 4. The number of carboxylic acids is 1. The van der Waals surface area contributed by atoms with Crippen molar-refractivity contribution in [2.45, 2.75) is 87.2 Å². The van der Waals surface area contributed by atoms with Gasteiger partial charge in [0.1, 0.15) is 5.75 Å². The molecule has 2 atom stereocenters. The topological polar surface area (TPSA) is 93.6 Å². The molecule has 1 saturated carbocycles. The van der Waals surface area contributed by atoms with Gasteiger partial charge in [-0.25, -0.2) is 4.39 Å². The van der Waals surface area contributed by atoms with Crippen molar-refractivity contribution in [3.05, 3.63) is 59.2 Å². The molecule has 0 radical (unpaired) electrons. The Hall–Kier alpha value is -3.38. The zero-order chi connectivity index (χ0) is 34.2. The summed E-state index contributed by atoms with van der Waals surface area (Å²) in [6, 6.07) is 11.1. The fourth-order valence-corrected chi connectivity index (χ4v) is 8.34. The summed E-state index contributed by atoms with van der Waals surface area (Å²) < 4.78 is 64.0. The molecule has 6 rings (SSSR count). The van der Waals surface area contributed by atoms with Crippen molar-refractivity contribution in [3.8, 4) is 5.75 Å². The van der Waals surface area contributed by atoms with Gasteiger partial charge in [-0.05, 0) is 92.7 Å². The van der Waals surface area contributed by atoms with Gasteiger partial charge in [0.15, 0.2) is 0 Å². The van der Waals surface area contributed by atoms with E-state index in [9.17, 15) is 33.0 Å². The molecule has 1 amide bonds. The van der Waals surface area contributed by atoms with Crippen LogP contribution in [-0.2, 0) is 15.8 Å². The number of piperidine rings is 2. The summed E-state index contributed by atoms with van der Waals surface area (Å²) in [4.78, 5) is 31.2. The molecule has 3 aliphatic heterocycles. The summed E-state index contributed by atoms with van der Waals surface area (Å²) in [5.74, 6) is -2.14. The van der Waals surface area contributed by atoms with Crippen LogP contribution < -0.4 is 9.64 Å². The lowest BCUT2D eigenvalue weighted by molar-refractivity contribution is -0.145. The lowest BCUT2D eigenvalue weighted by Gasteiger charge is -2.39. The smallest absolute Gasteiger partial charge is 0.416 e. The van der Waals surface area contributed by atoms with Gasteiger partial charge >= 0.3 is 12.1 Å². The van der Waals surface area contributed by atoms with Gasteiger partial charge in [-0.2, -0.15) is 13.2 Å². The Labute approximate surface area is 278 Å². The van der Waals surface area contributed by atoms with Crippen molar-refractivity contribution in [3.63, 3.8) is 0 Å². The molecule has 262 valence electrons. The standard InChI is InChI=1S/C36H45F4N3O5/c1-48-29-9-2-24(3-10-29)31-21-43(27-5-7-28(44)8-6-27)22-35(31,37)34(47)42-18-12-23(13-19-42)30-11-4-26(36(38,39)40)20-32(30)41-16-14-25(15-17-41)33(45)46/h2-4,9-11,20,23,25,27-28,31,44H,5-8,12-19,21-22H2,1H3,(H,45,46)/t27-,28+,31-,35-/m0/s1. The number of benzene rings is 2. The Bertz CT molecular complexity index is 1450. The van der Waals surface area contributed by atoms with Crippen LogP contribution in [0.3, 0.4) is 0 Å². The summed E-state index contributed by atoms with van der Waals surface area (Å²) in [5, 5.41) is 19.5. The number of likely N-dealkylation sites (tertiary alicyclic amines) is 2. The Morgan fingerprint density at radius 3 is 2.12 bits per heavy atom. The number of anilines is 1. The minimum absolute atomic E-state index is 0.0292. The second-order valence-electron chi connectivity index (χ2n) is 14.0. The molecule has 0 unspecified atom stereocenters. The Morgan fingerprint density at radius 2 is 1.54 bits per heavy atom. The van der Waals surface area contributed by atoms with Crippen molar-refractivity contribution in [2.75, 3.05) is 51.3 Å². The van der Waals surface area contributed by atoms with Gasteiger partial charge < -0.3 is 24.7 Å². The molecule has 4 aliphatic rings. The van der Waals surface area contributed by atoms with Gasteiger partial charge in [0, 0.05) is 56.9 Å². The normalized spacial score (nSPS) is 28.1. The fraction of sp³-hybridized carbons (Fsp3) is 0.611. The minimum atomic E-state index is -4.52. The summed E-state index contributed by atoms with van der Waals surface area (Å²) >= 11 is 0. The fourth-order valence-electron chi connectivity index (χ4n) is 8.34. The van der Waals surface area contributed by atoms with E-state index in [1.54, 1.807) is 24.1 Å². The van der Waals surface area contributed by atoms with Crippen LogP contribution in [0.5, 0.6) is 5.75 Å². The maximum atomic E-state index is 17.4. The van der Waals surface area contributed by atoms with Gasteiger partial charge in [-0.15, -0.1) is 0 Å². The van der Waals surface area contributed by atoms with Crippen molar-refractivity contribution in [2.24, 2.45) is 5.92 Å². The summed E-state index contributed by atoms with van der Waals surface area (Å²) in [6.45, 7) is 1.60. The predicted molar refractivity (Wildman–Crippen MR) is 172 cm³/mol. The number of nitrogens with zero attached hydrogens (tertiary/aromatic N) is 3. The highest BCUT2D eigenvalue weighted by molar-refractivity contribution is 5.87. The molecule has 8 nitrogen and oxygen atoms in total. The van der Waals surface area contributed by atoms with E-state index in [0.29, 0.717) is 69.6 Å². The highest BCUT2D eigenvalue weighted by Crippen LogP contribution is 2.45. The molecule has 0 aromatic heterocycles. The number of alkyl halides is 4. The summed E-state index contributed by atoms with van der Waals surface area (Å²) in [5.41, 5.74) is -0.978. The number of ether oxygens (including phenoxy) is 1. The first kappa shape index (κ1) is 34.5. The van der Waals surface area contributed by atoms with Crippen LogP contribution in [0.25, 0.3) is 0 Å². The van der Waals surface area contributed by atoms with Gasteiger partial charge in [-0.3, -0.25) is 14.5 Å². The molecule has 12 heteroatoms. The lowest BCUT2D eigenvalue weighted by atomic mass is 9.83. The molecule has 4 fully saturated rings. The van der Waals surface area contributed by atoms with E-state index in [2.05, 4.69) is 4.90 Å². The van der Waals surface area contributed by atoms with Crippen molar-refractivity contribution in [1.29, 1.82) is 0 Å². The number of carboxylic acid groups (broad SMARTS) is 1. The Morgan fingerprint density at radius 1 is 0.896 bits per heavy atom. The number of hydrogen-bond donors (Lipinski definition) is 2. The summed E-state index contributed by atoms with van der Waals surface area (Å²) in [7, 11) is 1.56. The molecule has 0 bridgehead atoms. The predicted octanol–water partition coefficient (Wildman–Crippen LogP) is 5.83. The first-order valence-corrected chi connectivity index (χ1v) is 17.1. The van der Waals surface area contributed by atoms with Crippen molar-refractivity contribution in [1.82, 2.24) is 9.80 Å². The quantitative estimate of drug-likeness (QED) is 0.357. The maximum Gasteiger partial charge on any atom is 0.416 e. The monoisotopic (exact) mass is 675 g/mol. The molecule has 48 heavy (non-hydrogen) atoms. The van der Waals surface area contributed by atoms with Gasteiger partial charge in [-0.1, -0.05) is 18.2 Å². The number of hydrogen-bond acceptors (Lipinski definition) is 6. The average Bonchev–Trinajstić information content (AvgIpc) is 3.46. The van der Waals surface area contributed by atoms with E-state index in [1.165, 1.54) is 12.1 Å². The highest BCUT2D eigenvalue weighted by Gasteiger charge is 2.56. The zero-order valence-electron chi connectivity index (χ0n) is 27.3. The van der Waals surface area contributed by atoms with E-state index < -0.39 is 41.1 Å². The number of carbonyl (C=O) groups is 2. The zero-order valence-corrected chi connectivity index (χ0v) is 27.3. The van der Waals surface area contributed by atoms with E-state index in [4.69, 9.17) is 4.74 Å². The molecule has 1 aliphatic carbocycles. The second-order valence-corrected chi connectivity index (χ2v) is 14.0. The molecule has 2 N–H and O–H groups in total. The maximum absolute atomic E-state index is 17.4. The number of aliphatic hydroxyl groups is 1. The van der Waals surface area contributed by atoms with Gasteiger partial charge in [0.05, 0.1) is 24.7 Å². The number of aliphatic carboxylic acids is 1. The van der Waals surface area contributed by atoms with E-state index in [1.807, 2.05) is 17.0 Å². The van der Waals surface area contributed by atoms with E-state index >= 15 is 4.39 Å². The summed E-state index contributed by atoms with van der Waals surface area (Å²) in [6.07, 6.45) is -0.421. The number of amides is 1. The second kappa shape index (κ2) is 13.9. The van der Waals surface area contributed by atoms with Crippen LogP contribution in [0, 0.1) is 5.92 Å². The molecule has 2 aromatic carbocycles. The first-order valence-electron chi connectivity index (χ1n) is 17.1. The number of rotatable bonds is 7. The third-order valence-electron chi connectivity index (χ3n) is 11.2. The molecule has 0 spiro atoms. The third-order valence-corrected chi connectivity index (χ3v) is 11.2. The third kappa shape index (κ3) is 7.01. The first-order chi connectivity index (χ1) is 22.9. The van der Waals surface area contributed by atoms with Crippen LogP contribution in [0.4, 0.5) is 23.2 Å². The Balaban J connectivity index is 1.20. The number of aliphatic hydroxyl groups excluding tert-OH is 1. The van der Waals surface area contributed by atoms with E-state index in [0.717, 1.165) is 30.0 Å². The van der Waals surface area contributed by atoms with Crippen molar-refractivity contribution < 1.29 is 42.1 Å². The van der Waals surface area contributed by atoms with Crippen LogP contribution in [0.15, 0.2) is 42.5 Å². The largest absolute Gasteiger partial charge is 0.497 e. The van der Waals surface area contributed by atoms with Crippen LogP contribution in [-0.4, -0.2) is 96.1 Å². The minimum Gasteiger partial charge on any atom is -0.497 e. The van der Waals surface area contributed by atoms with Gasteiger partial charge in [0.2, 0.25) is 5.67 Å². The molecular formula is C36H45F4N3O5. The molecule has 3 heterocycles. The SMILES string of the molecule is COc1ccc([C@@H]2CN([C@H]3CC[C@@H](O)CC3)C[C@@]2(F)C(=O)N2CCC(c3ccc(C(F)(F)F)cc3N3CCC(C(=O)O)CC3)CC2)cc1. The van der Waals surface area contributed by atoms with Crippen LogP contribution in [0.1, 0.15) is 79.9 Å². The van der Waals surface area contributed by atoms with Crippen molar-refractivity contribution >= 4 is 17.6 Å². The molecule has 2 aromatic rings. The Kier molecular flexibility index (Phi) is 9.95. The van der Waals surface area contributed by atoms with Crippen LogP contribution in [0.2, 0.25) is 0 Å². The van der Waals surface area contributed by atoms with Crippen LogP contribution >= 0.6 is 0 Å².